The van der Waals surface area contributed by atoms with E-state index in [-0.39, 0.29) is 17.3 Å². The lowest BCUT2D eigenvalue weighted by Crippen LogP contribution is -2.46. The van der Waals surface area contributed by atoms with Crippen LogP contribution in [0.1, 0.15) is 37.9 Å². The van der Waals surface area contributed by atoms with E-state index in [9.17, 15) is 9.59 Å². The molecule has 4 rings (SSSR count). The maximum Gasteiger partial charge on any atom is 0.331 e. The Morgan fingerprint density at radius 1 is 1.11 bits per heavy atom. The van der Waals surface area contributed by atoms with Crippen LogP contribution in [-0.2, 0) is 26.6 Å². The van der Waals surface area contributed by atoms with E-state index >= 15 is 0 Å². The maximum atomic E-state index is 13.7. The average Bonchev–Trinajstić information content (AvgIpc) is 2.90. The van der Waals surface area contributed by atoms with Crippen molar-refractivity contribution >= 4 is 28.7 Å². The molecule has 1 atom stereocenters. The molecule has 0 fully saturated rings. The van der Waals surface area contributed by atoms with Gasteiger partial charge in [0.25, 0.3) is 5.56 Å². The number of hydrogen-bond donors (Lipinski definition) is 2. The molecule has 194 valence electrons. The minimum absolute atomic E-state index is 0.0516. The van der Waals surface area contributed by atoms with Crippen molar-refractivity contribution in [1.29, 1.82) is 0 Å². The summed E-state index contributed by atoms with van der Waals surface area (Å²) < 4.78 is 2.92. The number of benzene rings is 2. The van der Waals surface area contributed by atoms with Crippen LogP contribution in [0.3, 0.4) is 0 Å². The van der Waals surface area contributed by atoms with E-state index in [4.69, 9.17) is 11.6 Å². The number of rotatable bonds is 10. The van der Waals surface area contributed by atoms with Crippen molar-refractivity contribution in [1.82, 2.24) is 9.13 Å². The van der Waals surface area contributed by atoms with Gasteiger partial charge in [0.15, 0.2) is 0 Å². The molecule has 0 radical (unpaired) electrons. The fraction of sp³-hybridized carbons (Fsp3) is 0.310. The summed E-state index contributed by atoms with van der Waals surface area (Å²) in [5.41, 5.74) is 3.46. The zero-order chi connectivity index (χ0) is 26.5. The molecule has 3 aromatic rings. The summed E-state index contributed by atoms with van der Waals surface area (Å²) in [4.78, 5) is 28.6. The summed E-state index contributed by atoms with van der Waals surface area (Å²) in [6.07, 6.45) is 7.05. The normalized spacial score (nSPS) is 13.5. The van der Waals surface area contributed by atoms with Crippen LogP contribution >= 0.6 is 11.6 Å². The van der Waals surface area contributed by atoms with Crippen LogP contribution in [0.4, 0.5) is 17.1 Å². The zero-order valence-corrected chi connectivity index (χ0v) is 22.3. The highest BCUT2D eigenvalue weighted by atomic mass is 35.5. The van der Waals surface area contributed by atoms with Crippen LogP contribution < -0.4 is 26.8 Å². The van der Waals surface area contributed by atoms with Gasteiger partial charge in [0.05, 0.1) is 5.69 Å². The third-order valence-corrected chi connectivity index (χ3v) is 6.78. The van der Waals surface area contributed by atoms with Crippen molar-refractivity contribution in [2.45, 2.75) is 52.2 Å². The van der Waals surface area contributed by atoms with E-state index in [0.29, 0.717) is 42.3 Å². The number of hydrogen-bond acceptors (Lipinski definition) is 5. The molecular weight excluding hydrogens is 486 g/mol. The monoisotopic (exact) mass is 518 g/mol. The Morgan fingerprint density at radius 2 is 1.84 bits per heavy atom. The summed E-state index contributed by atoms with van der Waals surface area (Å²) in [6.45, 7) is 8.62. The van der Waals surface area contributed by atoms with Crippen molar-refractivity contribution in [3.8, 4) is 0 Å². The predicted octanol–water partition coefficient (Wildman–Crippen LogP) is 5.31. The topological polar surface area (TPSA) is 71.3 Å². The van der Waals surface area contributed by atoms with Crippen LogP contribution in [0.5, 0.6) is 0 Å². The molecule has 1 aliphatic heterocycles. The van der Waals surface area contributed by atoms with Crippen molar-refractivity contribution in [3.05, 3.63) is 110 Å². The van der Waals surface area contributed by atoms with Crippen LogP contribution in [0.2, 0.25) is 5.02 Å². The zero-order valence-electron chi connectivity index (χ0n) is 21.6. The van der Waals surface area contributed by atoms with Gasteiger partial charge in [-0.25, -0.2) is 4.79 Å². The third-order valence-electron chi connectivity index (χ3n) is 6.52. The van der Waals surface area contributed by atoms with Gasteiger partial charge in [-0.1, -0.05) is 50.1 Å². The Labute approximate surface area is 222 Å². The van der Waals surface area contributed by atoms with Gasteiger partial charge < -0.3 is 21.6 Å². The Morgan fingerprint density at radius 3 is 2.51 bits per heavy atom. The van der Waals surface area contributed by atoms with Crippen LogP contribution in [0.15, 0.2) is 76.6 Å². The van der Waals surface area contributed by atoms with Gasteiger partial charge in [-0.2, -0.15) is 0 Å². The minimum atomic E-state index is -0.287. The summed E-state index contributed by atoms with van der Waals surface area (Å²) in [7, 11) is 1.73. The molecule has 37 heavy (non-hydrogen) atoms. The Hall–Kier alpha value is -3.71. The highest BCUT2D eigenvalue weighted by Crippen LogP contribution is 2.29. The molecule has 0 amide bonds. The van der Waals surface area contributed by atoms with Gasteiger partial charge in [0.2, 0.25) is 0 Å². The summed E-state index contributed by atoms with van der Waals surface area (Å²) in [5, 5.41) is 7.59. The standard InChI is InChI=1S/C29H33ClN5O2/c1-5-17-34-28(36)27-25(33(4)29(34)37)15-16-26(35(27)19-20-11-13-21(30)14-12-20)32-24-10-8-9-23(18-24)31-22(6-2)7-3/h8-14,16,18,22,31-32H,2,5,7,15,17,19H2,1,3-4H3/q-1. The Bertz CT molecular complexity index is 1420. The predicted molar refractivity (Wildman–Crippen MR) is 152 cm³/mol. The summed E-state index contributed by atoms with van der Waals surface area (Å²) >= 11 is 6.12. The summed E-state index contributed by atoms with van der Waals surface area (Å²) in [5.74, 6) is 0.778. The highest BCUT2D eigenvalue weighted by Gasteiger charge is 2.28. The average molecular weight is 519 g/mol. The fourth-order valence-electron chi connectivity index (χ4n) is 4.53. The lowest BCUT2D eigenvalue weighted by atomic mass is 10.1. The number of aromatic nitrogens is 2. The molecule has 0 bridgehead atoms. The van der Waals surface area contributed by atoms with E-state index in [1.807, 2.05) is 66.4 Å². The quantitative estimate of drug-likeness (QED) is 0.356. The number of anilines is 3. The number of halogens is 1. The number of allylic oxidation sites excluding steroid dienone is 1. The Balaban J connectivity index is 1.76. The fourth-order valence-corrected chi connectivity index (χ4v) is 4.66. The molecule has 0 saturated heterocycles. The molecular formula is C29H33ClN5O2-. The van der Waals surface area contributed by atoms with Gasteiger partial charge in [-0.3, -0.25) is 20.5 Å². The molecule has 2 aromatic carbocycles. The molecule has 0 aliphatic carbocycles. The largest absolute Gasteiger partial charge is 0.481 e. The maximum absolute atomic E-state index is 13.7. The first-order valence-corrected chi connectivity index (χ1v) is 12.9. The van der Waals surface area contributed by atoms with Gasteiger partial charge in [0.1, 0.15) is 11.5 Å². The smallest absolute Gasteiger partial charge is 0.331 e. The minimum Gasteiger partial charge on any atom is -0.481 e. The SMILES string of the molecule is C=[C-]C(CC)Nc1cccc(NC2=CCc3c(c(=O)n(CCC)c(=O)n3C)N2Cc2ccc(Cl)cc2)c1. The number of nitrogens with one attached hydrogen (secondary N) is 2. The summed E-state index contributed by atoms with van der Waals surface area (Å²) in [6, 6.07) is 15.6. The molecule has 7 nitrogen and oxygen atoms in total. The second-order valence-electron chi connectivity index (χ2n) is 9.11. The van der Waals surface area contributed by atoms with Gasteiger partial charge in [-0.05, 0) is 48.4 Å². The van der Waals surface area contributed by atoms with Crippen molar-refractivity contribution in [2.24, 2.45) is 7.05 Å². The van der Waals surface area contributed by atoms with Crippen molar-refractivity contribution < 1.29 is 0 Å². The van der Waals surface area contributed by atoms with Gasteiger partial charge in [0, 0.05) is 43.0 Å². The lowest BCUT2D eigenvalue weighted by Gasteiger charge is -2.34. The van der Waals surface area contributed by atoms with E-state index in [2.05, 4.69) is 30.2 Å². The first-order valence-electron chi connectivity index (χ1n) is 12.6. The second-order valence-corrected chi connectivity index (χ2v) is 9.55. The molecule has 1 aliphatic rings. The molecule has 0 spiro atoms. The van der Waals surface area contributed by atoms with E-state index < -0.39 is 0 Å². The third kappa shape index (κ3) is 5.67. The lowest BCUT2D eigenvalue weighted by molar-refractivity contribution is 0.565. The molecule has 2 N–H and O–H groups in total. The molecule has 1 aromatic heterocycles. The highest BCUT2D eigenvalue weighted by molar-refractivity contribution is 6.30. The molecule has 2 heterocycles. The van der Waals surface area contributed by atoms with Crippen molar-refractivity contribution in [2.75, 3.05) is 15.5 Å². The molecule has 1 unspecified atom stereocenters. The van der Waals surface area contributed by atoms with Crippen LogP contribution in [-0.4, -0.2) is 15.2 Å². The molecule has 8 heteroatoms. The van der Waals surface area contributed by atoms with Crippen LogP contribution in [0, 0.1) is 6.08 Å². The van der Waals surface area contributed by atoms with Gasteiger partial charge in [-0.15, -0.1) is 6.04 Å². The van der Waals surface area contributed by atoms with Gasteiger partial charge >= 0.3 is 5.69 Å². The van der Waals surface area contributed by atoms with Crippen LogP contribution in [0.25, 0.3) is 0 Å². The van der Waals surface area contributed by atoms with E-state index in [1.165, 1.54) is 4.57 Å². The first-order chi connectivity index (χ1) is 17.9. The van der Waals surface area contributed by atoms with E-state index in [1.54, 1.807) is 11.6 Å². The second kappa shape index (κ2) is 11.6. The first kappa shape index (κ1) is 26.4. The number of nitrogens with zero attached hydrogens (tertiary/aromatic N) is 3. The van der Waals surface area contributed by atoms with E-state index in [0.717, 1.165) is 29.2 Å². The number of fused-ring (bicyclic) bond motifs is 1. The van der Waals surface area contributed by atoms with Crippen molar-refractivity contribution in [3.63, 3.8) is 0 Å². The molecule has 0 saturated carbocycles. The Kier molecular flexibility index (Phi) is 8.24.